The fourth-order valence-electron chi connectivity index (χ4n) is 1.88. The van der Waals surface area contributed by atoms with E-state index in [0.29, 0.717) is 0 Å². The van der Waals surface area contributed by atoms with Gasteiger partial charge in [-0.25, -0.2) is 4.98 Å². The smallest absolute Gasteiger partial charge is 0.110 e. The largest absolute Gasteiger partial charge is 0.313 e. The predicted octanol–water partition coefficient (Wildman–Crippen LogP) is 3.44. The third-order valence-corrected chi connectivity index (χ3v) is 3.62. The van der Waals surface area contributed by atoms with Crippen molar-refractivity contribution in [3.63, 3.8) is 0 Å². The van der Waals surface area contributed by atoms with Crippen molar-refractivity contribution in [3.8, 4) is 5.69 Å². The summed E-state index contributed by atoms with van der Waals surface area (Å²) < 4.78 is 3.21. The molecular formula is C14H18BrN3. The van der Waals surface area contributed by atoms with E-state index in [0.717, 1.165) is 35.5 Å². The van der Waals surface area contributed by atoms with Gasteiger partial charge >= 0.3 is 0 Å². The lowest BCUT2D eigenvalue weighted by Gasteiger charge is -2.10. The van der Waals surface area contributed by atoms with Gasteiger partial charge in [-0.05, 0) is 37.6 Å². The first kappa shape index (κ1) is 13.3. The molecule has 0 fully saturated rings. The van der Waals surface area contributed by atoms with E-state index in [1.54, 1.807) is 0 Å². The maximum Gasteiger partial charge on any atom is 0.110 e. The van der Waals surface area contributed by atoms with Gasteiger partial charge in [-0.3, -0.25) is 0 Å². The highest BCUT2D eigenvalue weighted by atomic mass is 79.9. The highest BCUT2D eigenvalue weighted by Crippen LogP contribution is 2.21. The van der Waals surface area contributed by atoms with Crippen LogP contribution in [-0.4, -0.2) is 16.1 Å². The molecule has 0 bridgehead atoms. The van der Waals surface area contributed by atoms with Gasteiger partial charge in [0.05, 0.1) is 0 Å². The van der Waals surface area contributed by atoms with Crippen molar-refractivity contribution in [2.45, 2.75) is 26.8 Å². The van der Waals surface area contributed by atoms with E-state index in [2.05, 4.69) is 55.9 Å². The minimum Gasteiger partial charge on any atom is -0.313 e. The Labute approximate surface area is 116 Å². The molecule has 3 nitrogen and oxygen atoms in total. The maximum absolute atomic E-state index is 4.24. The maximum atomic E-state index is 4.24. The Morgan fingerprint density at radius 2 is 2.22 bits per heavy atom. The zero-order valence-electron chi connectivity index (χ0n) is 10.8. The van der Waals surface area contributed by atoms with Crippen LogP contribution in [0.1, 0.15) is 24.7 Å². The fraction of sp³-hybridized carbons (Fsp3) is 0.357. The summed E-state index contributed by atoms with van der Waals surface area (Å²) in [5.41, 5.74) is 2.42. The molecule has 0 unspecified atom stereocenters. The van der Waals surface area contributed by atoms with E-state index < -0.39 is 0 Å². The molecule has 96 valence electrons. The molecule has 1 N–H and O–H groups in total. The van der Waals surface area contributed by atoms with Gasteiger partial charge in [-0.15, -0.1) is 0 Å². The van der Waals surface area contributed by atoms with Gasteiger partial charge in [0.15, 0.2) is 0 Å². The number of hydrogen-bond donors (Lipinski definition) is 1. The standard InChI is InChI=1S/C14H18BrN3/c1-3-6-16-10-12-4-5-13(9-14(12)15)18-8-7-17-11(18)2/h4-5,7-9,16H,3,6,10H2,1-2H3. The summed E-state index contributed by atoms with van der Waals surface area (Å²) in [6.07, 6.45) is 4.95. The van der Waals surface area contributed by atoms with Crippen LogP contribution >= 0.6 is 15.9 Å². The average Bonchev–Trinajstić information content (AvgIpc) is 2.78. The number of aryl methyl sites for hydroxylation is 1. The van der Waals surface area contributed by atoms with Crippen LogP contribution in [0.2, 0.25) is 0 Å². The van der Waals surface area contributed by atoms with E-state index in [1.807, 2.05) is 19.3 Å². The average molecular weight is 308 g/mol. The molecule has 0 radical (unpaired) electrons. The molecule has 18 heavy (non-hydrogen) atoms. The molecular weight excluding hydrogens is 290 g/mol. The van der Waals surface area contributed by atoms with Gasteiger partial charge in [0.2, 0.25) is 0 Å². The summed E-state index contributed by atoms with van der Waals surface area (Å²) in [5, 5.41) is 3.41. The van der Waals surface area contributed by atoms with Crippen LogP contribution in [0.15, 0.2) is 35.1 Å². The number of nitrogens with one attached hydrogen (secondary N) is 1. The van der Waals surface area contributed by atoms with Crippen molar-refractivity contribution < 1.29 is 0 Å². The van der Waals surface area contributed by atoms with Crippen LogP contribution < -0.4 is 5.32 Å². The quantitative estimate of drug-likeness (QED) is 0.858. The molecule has 0 atom stereocenters. The van der Waals surface area contributed by atoms with Gasteiger partial charge in [0.1, 0.15) is 5.82 Å². The minimum absolute atomic E-state index is 0.900. The zero-order chi connectivity index (χ0) is 13.0. The fourth-order valence-corrected chi connectivity index (χ4v) is 2.39. The molecule has 2 rings (SSSR count). The van der Waals surface area contributed by atoms with Crippen molar-refractivity contribution in [2.24, 2.45) is 0 Å². The topological polar surface area (TPSA) is 29.9 Å². The first-order chi connectivity index (χ1) is 8.72. The number of aromatic nitrogens is 2. The van der Waals surface area contributed by atoms with Gasteiger partial charge in [-0.2, -0.15) is 0 Å². The van der Waals surface area contributed by atoms with E-state index in [4.69, 9.17) is 0 Å². The Balaban J connectivity index is 2.17. The van der Waals surface area contributed by atoms with Gasteiger partial charge in [-0.1, -0.05) is 28.9 Å². The summed E-state index contributed by atoms with van der Waals surface area (Å²) >= 11 is 3.64. The van der Waals surface area contributed by atoms with Crippen molar-refractivity contribution in [1.82, 2.24) is 14.9 Å². The van der Waals surface area contributed by atoms with E-state index >= 15 is 0 Å². The second kappa shape index (κ2) is 6.16. The first-order valence-electron chi connectivity index (χ1n) is 6.22. The van der Waals surface area contributed by atoms with Crippen molar-refractivity contribution in [3.05, 3.63) is 46.5 Å². The third-order valence-electron chi connectivity index (χ3n) is 2.88. The molecule has 1 aromatic heterocycles. The summed E-state index contributed by atoms with van der Waals surface area (Å²) in [6.45, 7) is 6.13. The Kier molecular flexibility index (Phi) is 4.55. The lowest BCUT2D eigenvalue weighted by atomic mass is 10.2. The van der Waals surface area contributed by atoms with Crippen molar-refractivity contribution >= 4 is 15.9 Å². The molecule has 0 amide bonds. The monoisotopic (exact) mass is 307 g/mol. The normalized spacial score (nSPS) is 10.8. The van der Waals surface area contributed by atoms with Gasteiger partial charge in [0.25, 0.3) is 0 Å². The molecule has 0 aliphatic rings. The molecule has 1 aromatic carbocycles. The van der Waals surface area contributed by atoms with Crippen LogP contribution in [0.4, 0.5) is 0 Å². The SMILES string of the molecule is CCCNCc1ccc(-n2ccnc2C)cc1Br. The third kappa shape index (κ3) is 3.00. The second-order valence-electron chi connectivity index (χ2n) is 4.30. The predicted molar refractivity (Wildman–Crippen MR) is 78.0 cm³/mol. The molecule has 0 aliphatic heterocycles. The summed E-state index contributed by atoms with van der Waals surface area (Å²) in [6, 6.07) is 6.42. The molecule has 0 spiro atoms. The van der Waals surface area contributed by atoms with Gasteiger partial charge < -0.3 is 9.88 Å². The van der Waals surface area contributed by atoms with Gasteiger partial charge in [0, 0.05) is 29.1 Å². The van der Waals surface area contributed by atoms with Crippen molar-refractivity contribution in [2.75, 3.05) is 6.54 Å². The van der Waals surface area contributed by atoms with Crippen molar-refractivity contribution in [1.29, 1.82) is 0 Å². The minimum atomic E-state index is 0.900. The Hall–Kier alpha value is -1.13. The van der Waals surface area contributed by atoms with Crippen LogP contribution in [0, 0.1) is 6.92 Å². The molecule has 0 saturated carbocycles. The lowest BCUT2D eigenvalue weighted by molar-refractivity contribution is 0.674. The number of rotatable bonds is 5. The van der Waals surface area contributed by atoms with Crippen LogP contribution in [0.3, 0.4) is 0 Å². The first-order valence-corrected chi connectivity index (χ1v) is 7.01. The Bertz CT molecular complexity index is 520. The molecule has 0 aliphatic carbocycles. The lowest BCUT2D eigenvalue weighted by Crippen LogP contribution is -2.14. The van der Waals surface area contributed by atoms with E-state index in [1.165, 1.54) is 5.56 Å². The summed E-state index contributed by atoms with van der Waals surface area (Å²) in [4.78, 5) is 4.24. The summed E-state index contributed by atoms with van der Waals surface area (Å²) in [5.74, 6) is 0.999. The zero-order valence-corrected chi connectivity index (χ0v) is 12.4. The number of imidazole rings is 1. The second-order valence-corrected chi connectivity index (χ2v) is 5.15. The highest BCUT2D eigenvalue weighted by Gasteiger charge is 2.04. The summed E-state index contributed by atoms with van der Waals surface area (Å²) in [7, 11) is 0. The number of benzene rings is 1. The molecule has 4 heteroatoms. The number of hydrogen-bond acceptors (Lipinski definition) is 2. The highest BCUT2D eigenvalue weighted by molar-refractivity contribution is 9.10. The Morgan fingerprint density at radius 1 is 1.39 bits per heavy atom. The van der Waals surface area contributed by atoms with Crippen LogP contribution in [0.25, 0.3) is 5.69 Å². The number of halogens is 1. The van der Waals surface area contributed by atoms with Crippen LogP contribution in [-0.2, 0) is 6.54 Å². The molecule has 2 aromatic rings. The van der Waals surface area contributed by atoms with E-state index in [9.17, 15) is 0 Å². The van der Waals surface area contributed by atoms with E-state index in [-0.39, 0.29) is 0 Å². The number of nitrogens with zero attached hydrogens (tertiary/aromatic N) is 2. The molecule has 1 heterocycles. The van der Waals surface area contributed by atoms with Crippen LogP contribution in [0.5, 0.6) is 0 Å². The Morgan fingerprint density at radius 3 is 2.83 bits per heavy atom. The molecule has 0 saturated heterocycles.